The Morgan fingerprint density at radius 3 is 2.50 bits per heavy atom. The summed E-state index contributed by atoms with van der Waals surface area (Å²) >= 11 is 0. The first-order valence-electron chi connectivity index (χ1n) is 6.69. The van der Waals surface area contributed by atoms with Crippen LogP contribution in [0.4, 0.5) is 11.5 Å². The van der Waals surface area contributed by atoms with Gasteiger partial charge >= 0.3 is 0 Å². The van der Waals surface area contributed by atoms with Crippen molar-refractivity contribution in [3.05, 3.63) is 53.2 Å². The highest BCUT2D eigenvalue weighted by molar-refractivity contribution is 6.04. The third kappa shape index (κ3) is 3.35. The van der Waals surface area contributed by atoms with Crippen molar-refractivity contribution in [1.82, 2.24) is 4.98 Å². The van der Waals surface area contributed by atoms with E-state index >= 15 is 0 Å². The van der Waals surface area contributed by atoms with E-state index in [9.17, 15) is 4.79 Å². The van der Waals surface area contributed by atoms with Crippen molar-refractivity contribution in [2.75, 3.05) is 17.7 Å². The number of hydrogen-bond acceptors (Lipinski definition) is 3. The van der Waals surface area contributed by atoms with Gasteiger partial charge in [0.1, 0.15) is 5.82 Å². The number of aryl methyl sites for hydroxylation is 2. The van der Waals surface area contributed by atoms with E-state index in [2.05, 4.69) is 22.5 Å². The summed E-state index contributed by atoms with van der Waals surface area (Å²) < 4.78 is 0. The normalized spacial score (nSPS) is 10.2. The summed E-state index contributed by atoms with van der Waals surface area (Å²) in [6, 6.07) is 11.4. The fourth-order valence-electron chi connectivity index (χ4n) is 1.95. The van der Waals surface area contributed by atoms with Crippen LogP contribution in [0.5, 0.6) is 0 Å². The van der Waals surface area contributed by atoms with Crippen LogP contribution in [0.15, 0.2) is 36.4 Å². The van der Waals surface area contributed by atoms with E-state index < -0.39 is 0 Å². The number of rotatable bonds is 4. The lowest BCUT2D eigenvalue weighted by Gasteiger charge is -2.08. The Morgan fingerprint density at radius 2 is 1.90 bits per heavy atom. The second-order valence-corrected chi connectivity index (χ2v) is 4.64. The van der Waals surface area contributed by atoms with Gasteiger partial charge in [-0.15, -0.1) is 0 Å². The first-order valence-corrected chi connectivity index (χ1v) is 6.69. The molecule has 1 heterocycles. The number of hydrogen-bond donors (Lipinski definition) is 2. The maximum Gasteiger partial charge on any atom is 0.255 e. The van der Waals surface area contributed by atoms with Crippen LogP contribution in [0.2, 0.25) is 0 Å². The maximum atomic E-state index is 12.2. The Morgan fingerprint density at radius 1 is 1.20 bits per heavy atom. The van der Waals surface area contributed by atoms with Gasteiger partial charge in [-0.05, 0) is 43.2 Å². The number of benzene rings is 1. The number of nitrogens with one attached hydrogen (secondary N) is 2. The molecule has 1 aromatic carbocycles. The highest BCUT2D eigenvalue weighted by Crippen LogP contribution is 2.14. The van der Waals surface area contributed by atoms with Crippen molar-refractivity contribution < 1.29 is 4.79 Å². The predicted molar refractivity (Wildman–Crippen MR) is 82.3 cm³/mol. The van der Waals surface area contributed by atoms with Crippen LogP contribution in [0, 0.1) is 6.92 Å². The number of carbonyl (C=O) groups is 1. The molecule has 0 fully saturated rings. The number of pyridine rings is 1. The minimum atomic E-state index is -0.128. The zero-order valence-electron chi connectivity index (χ0n) is 12.0. The molecular formula is C16H19N3O. The predicted octanol–water partition coefficient (Wildman–Crippen LogP) is 3.25. The van der Waals surface area contributed by atoms with Gasteiger partial charge in [-0.1, -0.05) is 19.1 Å². The van der Waals surface area contributed by atoms with Gasteiger partial charge in [0.25, 0.3) is 5.91 Å². The molecule has 2 rings (SSSR count). The van der Waals surface area contributed by atoms with E-state index in [4.69, 9.17) is 0 Å². The Bertz CT molecular complexity index is 606. The third-order valence-electron chi connectivity index (χ3n) is 3.09. The average molecular weight is 269 g/mol. The molecule has 2 aromatic rings. The average Bonchev–Trinajstić information content (AvgIpc) is 2.47. The quantitative estimate of drug-likeness (QED) is 0.895. The number of nitrogens with zero attached hydrogens (tertiary/aromatic N) is 1. The van der Waals surface area contributed by atoms with Gasteiger partial charge in [0, 0.05) is 24.0 Å². The summed E-state index contributed by atoms with van der Waals surface area (Å²) in [5.41, 5.74) is 3.46. The van der Waals surface area contributed by atoms with Crippen LogP contribution >= 0.6 is 0 Å². The Balaban J connectivity index is 2.16. The summed E-state index contributed by atoms with van der Waals surface area (Å²) in [6.07, 6.45) is 0.989. The van der Waals surface area contributed by atoms with Crippen molar-refractivity contribution in [1.29, 1.82) is 0 Å². The smallest absolute Gasteiger partial charge is 0.255 e. The van der Waals surface area contributed by atoms with Crippen LogP contribution in [0.1, 0.15) is 28.5 Å². The third-order valence-corrected chi connectivity index (χ3v) is 3.09. The molecule has 0 aliphatic heterocycles. The lowest BCUT2D eigenvalue weighted by Crippen LogP contribution is -2.13. The minimum absolute atomic E-state index is 0.128. The van der Waals surface area contributed by atoms with Crippen LogP contribution in [0.25, 0.3) is 0 Å². The van der Waals surface area contributed by atoms with E-state index in [1.54, 1.807) is 19.2 Å². The summed E-state index contributed by atoms with van der Waals surface area (Å²) in [6.45, 7) is 3.97. The van der Waals surface area contributed by atoms with Gasteiger partial charge in [0.15, 0.2) is 0 Å². The van der Waals surface area contributed by atoms with E-state index in [0.29, 0.717) is 11.4 Å². The van der Waals surface area contributed by atoms with Gasteiger partial charge in [-0.3, -0.25) is 4.79 Å². The molecule has 20 heavy (non-hydrogen) atoms. The van der Waals surface area contributed by atoms with E-state index in [0.717, 1.165) is 17.8 Å². The number of aromatic nitrogens is 1. The van der Waals surface area contributed by atoms with Gasteiger partial charge in [0.2, 0.25) is 0 Å². The minimum Gasteiger partial charge on any atom is -0.373 e. The maximum absolute atomic E-state index is 12.2. The zero-order valence-corrected chi connectivity index (χ0v) is 12.0. The molecule has 104 valence electrons. The highest BCUT2D eigenvalue weighted by atomic mass is 16.1. The largest absolute Gasteiger partial charge is 0.373 e. The second-order valence-electron chi connectivity index (χ2n) is 4.64. The van der Waals surface area contributed by atoms with Crippen LogP contribution < -0.4 is 10.6 Å². The molecule has 0 radical (unpaired) electrons. The molecule has 0 atom stereocenters. The molecule has 0 spiro atoms. The summed E-state index contributed by atoms with van der Waals surface area (Å²) in [7, 11) is 1.78. The van der Waals surface area contributed by atoms with Gasteiger partial charge < -0.3 is 10.6 Å². The number of amides is 1. The second kappa shape index (κ2) is 6.19. The molecule has 1 aromatic heterocycles. The Hall–Kier alpha value is -2.36. The van der Waals surface area contributed by atoms with Crippen molar-refractivity contribution in [2.24, 2.45) is 0 Å². The highest BCUT2D eigenvalue weighted by Gasteiger charge is 2.08. The number of carbonyl (C=O) groups excluding carboxylic acids is 1. The fourth-order valence-corrected chi connectivity index (χ4v) is 1.95. The molecule has 0 saturated heterocycles. The lowest BCUT2D eigenvalue weighted by molar-refractivity contribution is 0.102. The molecule has 4 nitrogen and oxygen atoms in total. The molecule has 4 heteroatoms. The van der Waals surface area contributed by atoms with Gasteiger partial charge in [0.05, 0.1) is 0 Å². The first-order chi connectivity index (χ1) is 9.62. The number of anilines is 2. The zero-order chi connectivity index (χ0) is 14.5. The Kier molecular flexibility index (Phi) is 4.35. The molecule has 0 aliphatic rings. The summed E-state index contributed by atoms with van der Waals surface area (Å²) in [5.74, 6) is 0.563. The molecule has 0 saturated carbocycles. The standard InChI is InChI=1S/C16H19N3O/c1-4-12-5-7-14(8-6-12)19-16(20)13-9-11(2)18-15(10-13)17-3/h5-10H,4H2,1-3H3,(H,17,18)(H,19,20). The fraction of sp³-hybridized carbons (Fsp3) is 0.250. The molecule has 0 bridgehead atoms. The van der Waals surface area contributed by atoms with E-state index in [1.807, 2.05) is 31.2 Å². The summed E-state index contributed by atoms with van der Waals surface area (Å²) in [5, 5.41) is 5.84. The topological polar surface area (TPSA) is 54.0 Å². The monoisotopic (exact) mass is 269 g/mol. The van der Waals surface area contributed by atoms with Crippen molar-refractivity contribution >= 4 is 17.4 Å². The molecule has 0 unspecified atom stereocenters. The summed E-state index contributed by atoms with van der Waals surface area (Å²) in [4.78, 5) is 16.5. The van der Waals surface area contributed by atoms with Crippen molar-refractivity contribution in [3.8, 4) is 0 Å². The van der Waals surface area contributed by atoms with Crippen LogP contribution in [0.3, 0.4) is 0 Å². The Labute approximate surface area is 119 Å². The first kappa shape index (κ1) is 14.1. The van der Waals surface area contributed by atoms with Crippen LogP contribution in [-0.4, -0.2) is 17.9 Å². The molecule has 0 aliphatic carbocycles. The van der Waals surface area contributed by atoms with E-state index in [1.165, 1.54) is 5.56 Å². The van der Waals surface area contributed by atoms with E-state index in [-0.39, 0.29) is 5.91 Å². The lowest BCUT2D eigenvalue weighted by atomic mass is 10.1. The SMILES string of the molecule is CCc1ccc(NC(=O)c2cc(C)nc(NC)c2)cc1. The molecule has 2 N–H and O–H groups in total. The van der Waals surface area contributed by atoms with Crippen molar-refractivity contribution in [3.63, 3.8) is 0 Å². The van der Waals surface area contributed by atoms with Crippen molar-refractivity contribution in [2.45, 2.75) is 20.3 Å². The molecule has 1 amide bonds. The molecular weight excluding hydrogens is 250 g/mol. The van der Waals surface area contributed by atoms with Gasteiger partial charge in [-0.25, -0.2) is 4.98 Å². The van der Waals surface area contributed by atoms with Gasteiger partial charge in [-0.2, -0.15) is 0 Å². The van der Waals surface area contributed by atoms with Crippen LogP contribution in [-0.2, 0) is 6.42 Å².